The van der Waals surface area contributed by atoms with E-state index < -0.39 is 23.3 Å². The van der Waals surface area contributed by atoms with Crippen molar-refractivity contribution >= 4 is 0 Å². The molecule has 1 aliphatic rings. The molecule has 2 atom stereocenters. The maximum Gasteiger partial charge on any atom is 0.306 e. The molecule has 1 aliphatic heterocycles. The third-order valence-corrected chi connectivity index (χ3v) is 7.48. The third-order valence-electron chi connectivity index (χ3n) is 7.48. The second-order valence-electron chi connectivity index (χ2n) is 11.0. The summed E-state index contributed by atoms with van der Waals surface area (Å²) in [5.74, 6) is -0.452. The first kappa shape index (κ1) is 25.2. The van der Waals surface area contributed by atoms with E-state index in [1.165, 1.54) is 30.4 Å². The number of hydrogen-bond acceptors (Lipinski definition) is 3. The molecule has 7 nitrogen and oxygen atoms in total. The zero-order valence-electron chi connectivity index (χ0n) is 21.7. The zero-order chi connectivity index (χ0) is 26.4. The molecule has 9 heteroatoms. The summed E-state index contributed by atoms with van der Waals surface area (Å²) in [5, 5.41) is 14.9. The maximum absolute atomic E-state index is 15.0. The minimum atomic E-state index is -1.65. The fourth-order valence-corrected chi connectivity index (χ4v) is 5.15. The molecule has 2 aromatic heterocycles. The molecular formula is C28H34F2N6O+2. The molecule has 5 rings (SSSR count). The fraction of sp³-hybridized carbons (Fsp3) is 0.393. The first-order chi connectivity index (χ1) is 17.5. The number of aliphatic hydroxyl groups is 1. The van der Waals surface area contributed by atoms with Crippen LogP contribution in [0.25, 0.3) is 11.3 Å². The molecule has 0 saturated heterocycles. The van der Waals surface area contributed by atoms with E-state index in [1.54, 1.807) is 4.68 Å². The van der Waals surface area contributed by atoms with Crippen LogP contribution in [0.3, 0.4) is 0 Å². The van der Waals surface area contributed by atoms with Gasteiger partial charge in [-0.1, -0.05) is 45.0 Å². The standard InChI is InChI=1S/C28H32F2N6O/c1-19(28(37,16-36-18-31-17-32-36)23-9-8-22(29)13-24(23)30)34-10-11-35-14-25(33-26(35)15-34)20-6-5-7-21(12-20)27(2,3)4/h5-9,12-14,17-19,37H,10-11,15-16H2,1-4H3/p+2/t19-,28-/m1/s1. The molecule has 194 valence electrons. The predicted molar refractivity (Wildman–Crippen MR) is 134 cm³/mol. The molecule has 3 heterocycles. The number of H-pyrrole nitrogens is 2. The van der Waals surface area contributed by atoms with E-state index in [4.69, 9.17) is 0 Å². The topological polar surface area (TPSA) is 75.7 Å². The van der Waals surface area contributed by atoms with Crippen molar-refractivity contribution in [3.8, 4) is 11.3 Å². The Morgan fingerprint density at radius 3 is 2.68 bits per heavy atom. The van der Waals surface area contributed by atoms with Crippen LogP contribution in [0.5, 0.6) is 0 Å². The van der Waals surface area contributed by atoms with Crippen LogP contribution in [-0.4, -0.2) is 37.7 Å². The van der Waals surface area contributed by atoms with Gasteiger partial charge in [-0.25, -0.2) is 18.3 Å². The van der Waals surface area contributed by atoms with Crippen LogP contribution in [0.15, 0.2) is 61.3 Å². The monoisotopic (exact) mass is 508 g/mol. The number of nitrogens with zero attached hydrogens (tertiary/aromatic N) is 4. The average molecular weight is 509 g/mol. The number of hydrogen-bond donors (Lipinski definition) is 3. The van der Waals surface area contributed by atoms with E-state index in [0.717, 1.165) is 23.1 Å². The SMILES string of the molecule is C[C@@H](N1CC[n+]2cc(-c3cccc(C(C)(C)C)c3)[nH]c2C1)[C@](O)(C[n+]1cnc[nH]1)c1ccc(F)cc1F. The molecule has 3 N–H and O–H groups in total. The summed E-state index contributed by atoms with van der Waals surface area (Å²) in [5.41, 5.74) is 1.87. The van der Waals surface area contributed by atoms with Gasteiger partial charge in [-0.15, -0.1) is 0 Å². The minimum absolute atomic E-state index is 0.0305. The average Bonchev–Trinajstić information content (AvgIpc) is 3.52. The highest BCUT2D eigenvalue weighted by Gasteiger charge is 2.45. The smallest absolute Gasteiger partial charge is 0.306 e. The number of imidazole rings is 1. The second kappa shape index (κ2) is 9.46. The second-order valence-corrected chi connectivity index (χ2v) is 11.0. The Kier molecular flexibility index (Phi) is 6.45. The Balaban J connectivity index is 1.45. The number of aromatic nitrogens is 5. The van der Waals surface area contributed by atoms with Gasteiger partial charge in [0, 0.05) is 29.8 Å². The molecule has 0 spiro atoms. The summed E-state index contributed by atoms with van der Waals surface area (Å²) in [7, 11) is 0. The first-order valence-corrected chi connectivity index (χ1v) is 12.6. The summed E-state index contributed by atoms with van der Waals surface area (Å²) >= 11 is 0. The first-order valence-electron chi connectivity index (χ1n) is 12.6. The van der Waals surface area contributed by atoms with Crippen molar-refractivity contribution in [1.82, 2.24) is 20.0 Å². The molecule has 0 bridgehead atoms. The number of halogens is 2. The van der Waals surface area contributed by atoms with E-state index in [2.05, 4.69) is 75.8 Å². The summed E-state index contributed by atoms with van der Waals surface area (Å²) in [6.07, 6.45) is 5.16. The van der Waals surface area contributed by atoms with Crippen LogP contribution < -0.4 is 9.25 Å². The molecular weight excluding hydrogens is 474 g/mol. The van der Waals surface area contributed by atoms with E-state index >= 15 is 0 Å². The molecule has 0 fully saturated rings. The summed E-state index contributed by atoms with van der Waals surface area (Å²) < 4.78 is 32.5. The third kappa shape index (κ3) is 4.93. The molecule has 0 radical (unpaired) electrons. The number of aromatic amines is 2. The Hall–Kier alpha value is -3.43. The van der Waals surface area contributed by atoms with Gasteiger partial charge in [-0.3, -0.25) is 4.90 Å². The van der Waals surface area contributed by atoms with Crippen molar-refractivity contribution in [2.24, 2.45) is 0 Å². The van der Waals surface area contributed by atoms with Crippen molar-refractivity contribution < 1.29 is 23.1 Å². The van der Waals surface area contributed by atoms with Gasteiger partial charge in [-0.2, -0.15) is 9.78 Å². The number of nitrogens with one attached hydrogen (secondary N) is 2. The molecule has 2 aromatic carbocycles. The Morgan fingerprint density at radius 2 is 1.97 bits per heavy atom. The normalized spacial score (nSPS) is 16.8. The van der Waals surface area contributed by atoms with E-state index in [1.807, 2.05) is 6.92 Å². The lowest BCUT2D eigenvalue weighted by Gasteiger charge is -2.40. The highest BCUT2D eigenvalue weighted by molar-refractivity contribution is 5.59. The van der Waals surface area contributed by atoms with Crippen molar-refractivity contribution in [2.45, 2.75) is 64.4 Å². The Morgan fingerprint density at radius 1 is 1.16 bits per heavy atom. The molecule has 0 amide bonds. The summed E-state index contributed by atoms with van der Waals surface area (Å²) in [6, 6.07) is 11.4. The fourth-order valence-electron chi connectivity index (χ4n) is 5.15. The predicted octanol–water partition coefficient (Wildman–Crippen LogP) is 3.35. The number of fused-ring (bicyclic) bond motifs is 1. The van der Waals surface area contributed by atoms with Gasteiger partial charge in [0.05, 0.1) is 0 Å². The molecule has 0 saturated carbocycles. The molecule has 37 heavy (non-hydrogen) atoms. The number of rotatable bonds is 6. The van der Waals surface area contributed by atoms with E-state index in [9.17, 15) is 13.9 Å². The van der Waals surface area contributed by atoms with Crippen LogP contribution in [0.4, 0.5) is 8.78 Å². The highest BCUT2D eigenvalue weighted by Crippen LogP contribution is 2.33. The van der Waals surface area contributed by atoms with Crippen LogP contribution in [0, 0.1) is 11.6 Å². The van der Waals surface area contributed by atoms with Gasteiger partial charge in [0.15, 0.2) is 5.69 Å². The van der Waals surface area contributed by atoms with Crippen LogP contribution in [0.1, 0.15) is 44.6 Å². The quantitative estimate of drug-likeness (QED) is 0.350. The lowest BCUT2D eigenvalue weighted by Crippen LogP contribution is -2.60. The van der Waals surface area contributed by atoms with E-state index in [0.29, 0.717) is 19.6 Å². The molecule has 4 aromatic rings. The van der Waals surface area contributed by atoms with Gasteiger partial charge in [0.2, 0.25) is 6.33 Å². The molecule has 0 unspecified atom stereocenters. The van der Waals surface area contributed by atoms with Gasteiger partial charge >= 0.3 is 6.33 Å². The van der Waals surface area contributed by atoms with Crippen molar-refractivity contribution in [3.63, 3.8) is 0 Å². The molecule has 0 aliphatic carbocycles. The van der Waals surface area contributed by atoms with Crippen LogP contribution >= 0.6 is 0 Å². The van der Waals surface area contributed by atoms with Gasteiger partial charge in [0.25, 0.3) is 5.82 Å². The van der Waals surface area contributed by atoms with Gasteiger partial charge in [-0.05, 0) is 35.0 Å². The van der Waals surface area contributed by atoms with Crippen molar-refractivity contribution in [2.75, 3.05) is 6.54 Å². The van der Waals surface area contributed by atoms with Crippen LogP contribution in [0.2, 0.25) is 0 Å². The Labute approximate surface area is 215 Å². The van der Waals surface area contributed by atoms with Crippen molar-refractivity contribution in [3.05, 3.63) is 89.9 Å². The van der Waals surface area contributed by atoms with Crippen molar-refractivity contribution in [1.29, 1.82) is 0 Å². The lowest BCUT2D eigenvalue weighted by molar-refractivity contribution is -0.765. The minimum Gasteiger partial charge on any atom is -0.379 e. The van der Waals surface area contributed by atoms with Crippen LogP contribution in [-0.2, 0) is 30.7 Å². The summed E-state index contributed by atoms with van der Waals surface area (Å²) in [6.45, 7) is 10.4. The number of benzene rings is 2. The Bertz CT molecular complexity index is 1390. The summed E-state index contributed by atoms with van der Waals surface area (Å²) in [4.78, 5) is 9.70. The van der Waals surface area contributed by atoms with Gasteiger partial charge in [0.1, 0.15) is 43.1 Å². The highest BCUT2D eigenvalue weighted by atomic mass is 19.1. The zero-order valence-corrected chi connectivity index (χ0v) is 21.7. The lowest BCUT2D eigenvalue weighted by atomic mass is 9.85. The van der Waals surface area contributed by atoms with Gasteiger partial charge < -0.3 is 5.11 Å². The largest absolute Gasteiger partial charge is 0.379 e. The van der Waals surface area contributed by atoms with E-state index in [-0.39, 0.29) is 17.5 Å². The maximum atomic E-state index is 15.0.